The Bertz CT molecular complexity index is 1060. The van der Waals surface area contributed by atoms with Crippen molar-refractivity contribution in [3.63, 3.8) is 0 Å². The van der Waals surface area contributed by atoms with Crippen molar-refractivity contribution >= 4 is 50.2 Å². The Hall–Kier alpha value is -2.44. The van der Waals surface area contributed by atoms with Gasteiger partial charge in [-0.15, -0.1) is 0 Å². The van der Waals surface area contributed by atoms with E-state index in [1.54, 1.807) is 11.0 Å². The van der Waals surface area contributed by atoms with E-state index >= 15 is 0 Å². The highest BCUT2D eigenvalue weighted by atomic mass is 79.9. The zero-order valence-corrected chi connectivity index (χ0v) is 20.4. The summed E-state index contributed by atoms with van der Waals surface area (Å²) < 4.78 is 17.0. The van der Waals surface area contributed by atoms with E-state index in [2.05, 4.69) is 27.0 Å². The predicted molar refractivity (Wildman–Crippen MR) is 122 cm³/mol. The van der Waals surface area contributed by atoms with Crippen LogP contribution in [-0.4, -0.2) is 62.0 Å². The fraction of sp³-hybridized carbons (Fsp3) is 0.476. The molecule has 1 aromatic heterocycles. The molecule has 1 fully saturated rings. The van der Waals surface area contributed by atoms with Gasteiger partial charge in [0.25, 0.3) is 0 Å². The minimum atomic E-state index is -0.558. The van der Waals surface area contributed by atoms with Crippen LogP contribution in [0.4, 0.5) is 10.5 Å². The van der Waals surface area contributed by atoms with Crippen LogP contribution < -0.4 is 14.4 Å². The molecule has 0 aliphatic carbocycles. The van der Waals surface area contributed by atoms with Crippen molar-refractivity contribution in [1.29, 1.82) is 5.26 Å². The van der Waals surface area contributed by atoms with E-state index in [0.29, 0.717) is 63.6 Å². The zero-order chi connectivity index (χ0) is 22.9. The first-order valence-corrected chi connectivity index (χ1v) is 10.8. The third-order valence-corrected chi connectivity index (χ3v) is 6.14. The molecule has 0 saturated carbocycles. The van der Waals surface area contributed by atoms with Crippen LogP contribution in [0.15, 0.2) is 10.5 Å². The van der Waals surface area contributed by atoms with Gasteiger partial charge in [-0.3, -0.25) is 0 Å². The lowest BCUT2D eigenvalue weighted by molar-refractivity contribution is 0.0240. The van der Waals surface area contributed by atoms with E-state index < -0.39 is 5.60 Å². The smallest absolute Gasteiger partial charge is 0.410 e. The number of anilines is 1. The first-order valence-electron chi connectivity index (χ1n) is 9.68. The number of nitrogens with zero attached hydrogens (tertiary/aromatic N) is 4. The number of aromatic nitrogens is 1. The number of halogens is 2. The number of carbonyl (C=O) groups excluding carboxylic acids is 1. The number of nitriles is 1. The zero-order valence-electron chi connectivity index (χ0n) is 18.1. The predicted octanol–water partition coefficient (Wildman–Crippen LogP) is 4.60. The molecule has 166 valence electrons. The van der Waals surface area contributed by atoms with Crippen molar-refractivity contribution in [3.05, 3.63) is 21.1 Å². The first kappa shape index (κ1) is 23.2. The molecular weight excluding hydrogens is 488 g/mol. The van der Waals surface area contributed by atoms with Crippen LogP contribution in [0.25, 0.3) is 10.9 Å². The van der Waals surface area contributed by atoms with Gasteiger partial charge in [0, 0.05) is 31.6 Å². The molecule has 1 aromatic carbocycles. The largest absolute Gasteiger partial charge is 0.493 e. The molecular formula is C21H24BrClN4O4. The minimum Gasteiger partial charge on any atom is -0.493 e. The number of amides is 1. The normalized spacial score (nSPS) is 14.4. The quantitative estimate of drug-likeness (QED) is 0.595. The molecule has 3 rings (SSSR count). The first-order chi connectivity index (χ1) is 14.6. The molecule has 0 bridgehead atoms. The molecule has 10 heteroatoms. The lowest BCUT2D eigenvalue weighted by Crippen LogP contribution is -2.50. The van der Waals surface area contributed by atoms with Crippen LogP contribution in [0.2, 0.25) is 5.02 Å². The number of rotatable bonds is 3. The Labute approximate surface area is 194 Å². The SMILES string of the molecule is COc1nc2c(OC)c(Br)c(Cl)cc2c(N2CCN(C(=O)OC(C)(C)C)CC2)c1C#N. The molecule has 8 nitrogen and oxygen atoms in total. The number of ether oxygens (including phenoxy) is 3. The number of pyridine rings is 1. The maximum Gasteiger partial charge on any atom is 0.410 e. The van der Waals surface area contributed by atoms with Gasteiger partial charge < -0.3 is 24.0 Å². The molecule has 0 atom stereocenters. The van der Waals surface area contributed by atoms with Gasteiger partial charge in [0.15, 0.2) is 5.75 Å². The van der Waals surface area contributed by atoms with E-state index in [1.165, 1.54) is 14.2 Å². The number of hydrogen-bond acceptors (Lipinski definition) is 7. The summed E-state index contributed by atoms with van der Waals surface area (Å²) in [6.45, 7) is 7.43. The maximum absolute atomic E-state index is 12.4. The average Bonchev–Trinajstić information content (AvgIpc) is 2.72. The van der Waals surface area contributed by atoms with Crippen molar-refractivity contribution in [2.45, 2.75) is 26.4 Å². The lowest BCUT2D eigenvalue weighted by Gasteiger charge is -2.37. The highest BCUT2D eigenvalue weighted by Crippen LogP contribution is 2.44. The van der Waals surface area contributed by atoms with Crippen molar-refractivity contribution < 1.29 is 19.0 Å². The monoisotopic (exact) mass is 510 g/mol. The number of methoxy groups -OCH3 is 2. The summed E-state index contributed by atoms with van der Waals surface area (Å²) in [4.78, 5) is 20.6. The summed E-state index contributed by atoms with van der Waals surface area (Å²) in [6, 6.07) is 3.97. The topological polar surface area (TPSA) is 87.9 Å². The van der Waals surface area contributed by atoms with Crippen LogP contribution in [0, 0.1) is 11.3 Å². The number of piperazine rings is 1. The van der Waals surface area contributed by atoms with Crippen molar-refractivity contribution in [2.24, 2.45) is 0 Å². The number of benzene rings is 1. The average molecular weight is 512 g/mol. The van der Waals surface area contributed by atoms with Crippen LogP contribution in [0.1, 0.15) is 26.3 Å². The molecule has 2 heterocycles. The van der Waals surface area contributed by atoms with E-state index in [4.69, 9.17) is 25.8 Å². The van der Waals surface area contributed by atoms with Gasteiger partial charge in [0.2, 0.25) is 5.88 Å². The Morgan fingerprint density at radius 1 is 1.23 bits per heavy atom. The number of carbonyl (C=O) groups is 1. The Kier molecular flexibility index (Phi) is 6.72. The molecule has 1 aliphatic heterocycles. The van der Waals surface area contributed by atoms with Crippen molar-refractivity contribution in [2.75, 3.05) is 45.3 Å². The fourth-order valence-corrected chi connectivity index (χ4v) is 4.14. The van der Waals surface area contributed by atoms with Gasteiger partial charge >= 0.3 is 6.09 Å². The summed E-state index contributed by atoms with van der Waals surface area (Å²) in [7, 11) is 3.00. The molecule has 1 saturated heterocycles. The summed E-state index contributed by atoms with van der Waals surface area (Å²) >= 11 is 9.86. The van der Waals surface area contributed by atoms with Crippen molar-refractivity contribution in [3.8, 4) is 17.7 Å². The lowest BCUT2D eigenvalue weighted by atomic mass is 10.1. The van der Waals surface area contributed by atoms with E-state index in [9.17, 15) is 10.1 Å². The molecule has 0 N–H and O–H groups in total. The van der Waals surface area contributed by atoms with Crippen LogP contribution in [0.5, 0.6) is 11.6 Å². The second kappa shape index (κ2) is 8.97. The van der Waals surface area contributed by atoms with E-state index in [0.717, 1.165) is 0 Å². The third kappa shape index (κ3) is 4.60. The van der Waals surface area contributed by atoms with Crippen molar-refractivity contribution in [1.82, 2.24) is 9.88 Å². The van der Waals surface area contributed by atoms with Crippen LogP contribution in [-0.2, 0) is 4.74 Å². The molecule has 1 aliphatic rings. The van der Waals surface area contributed by atoms with Gasteiger partial charge in [-0.25, -0.2) is 9.78 Å². The van der Waals surface area contributed by atoms with E-state index in [1.807, 2.05) is 25.7 Å². The summed E-state index contributed by atoms with van der Waals surface area (Å²) in [6.07, 6.45) is -0.349. The van der Waals surface area contributed by atoms with Gasteiger partial charge in [-0.2, -0.15) is 5.26 Å². The maximum atomic E-state index is 12.4. The van der Waals surface area contributed by atoms with Gasteiger partial charge in [0.05, 0.1) is 29.4 Å². The summed E-state index contributed by atoms with van der Waals surface area (Å²) in [5.41, 5.74) is 0.929. The second-order valence-corrected chi connectivity index (χ2v) is 9.21. The highest BCUT2D eigenvalue weighted by Gasteiger charge is 2.30. The van der Waals surface area contributed by atoms with Gasteiger partial charge in [-0.1, -0.05) is 11.6 Å². The Morgan fingerprint density at radius 2 is 1.87 bits per heavy atom. The number of fused-ring (bicyclic) bond motifs is 1. The molecule has 0 radical (unpaired) electrons. The highest BCUT2D eigenvalue weighted by molar-refractivity contribution is 9.10. The molecule has 31 heavy (non-hydrogen) atoms. The summed E-state index contributed by atoms with van der Waals surface area (Å²) in [5.74, 6) is 0.658. The number of hydrogen-bond donors (Lipinski definition) is 0. The molecule has 2 aromatic rings. The van der Waals surface area contributed by atoms with Crippen LogP contribution in [0.3, 0.4) is 0 Å². The Morgan fingerprint density at radius 3 is 2.39 bits per heavy atom. The second-order valence-electron chi connectivity index (χ2n) is 8.01. The summed E-state index contributed by atoms with van der Waals surface area (Å²) in [5, 5.41) is 11.0. The standard InChI is InChI=1S/C21H24BrClN4O4/c1-21(2,3)31-20(28)27-8-6-26(7-9-27)17-12-10-14(23)15(22)18(29-4)16(12)25-19(30-5)13(17)11-24/h10H,6-9H2,1-5H3. The molecule has 0 unspecified atom stereocenters. The third-order valence-electron chi connectivity index (χ3n) is 4.83. The van der Waals surface area contributed by atoms with Gasteiger partial charge in [-0.05, 0) is 42.8 Å². The molecule has 1 amide bonds. The minimum absolute atomic E-state index is 0.201. The van der Waals surface area contributed by atoms with Gasteiger partial charge in [0.1, 0.15) is 22.8 Å². The molecule has 0 spiro atoms. The van der Waals surface area contributed by atoms with Crippen LogP contribution >= 0.6 is 27.5 Å². The Balaban J connectivity index is 2.05. The fourth-order valence-electron chi connectivity index (χ4n) is 3.48. The van der Waals surface area contributed by atoms with E-state index in [-0.39, 0.29) is 12.0 Å².